The summed E-state index contributed by atoms with van der Waals surface area (Å²) in [6, 6.07) is 10.4. The summed E-state index contributed by atoms with van der Waals surface area (Å²) in [7, 11) is 0. The molecule has 0 amide bonds. The van der Waals surface area contributed by atoms with Gasteiger partial charge in [0.05, 0.1) is 16.9 Å². The second-order valence-corrected chi connectivity index (χ2v) is 4.70. The van der Waals surface area contributed by atoms with E-state index in [9.17, 15) is 19.7 Å². The Hall–Kier alpha value is -2.76. The van der Waals surface area contributed by atoms with Crippen molar-refractivity contribution in [3.8, 4) is 0 Å². The minimum absolute atomic E-state index is 0.0187. The lowest BCUT2D eigenvalue weighted by Crippen LogP contribution is -2.17. The number of ketones is 1. The van der Waals surface area contributed by atoms with Crippen LogP contribution in [0.1, 0.15) is 18.9 Å². The Morgan fingerprint density at radius 3 is 2.59 bits per heavy atom. The molecule has 2 aromatic rings. The molecule has 2 rings (SSSR count). The molecule has 0 saturated carbocycles. The third-order valence-electron chi connectivity index (χ3n) is 3.29. The number of hydrogen-bond donors (Lipinski definition) is 0. The van der Waals surface area contributed by atoms with Crippen molar-refractivity contribution in [3.05, 3.63) is 52.1 Å². The van der Waals surface area contributed by atoms with Crippen LogP contribution in [0.3, 0.4) is 0 Å². The van der Waals surface area contributed by atoms with E-state index < -0.39 is 16.7 Å². The van der Waals surface area contributed by atoms with Gasteiger partial charge >= 0.3 is 5.97 Å². The average Bonchev–Trinajstić information content (AvgIpc) is 2.51. The maximum Gasteiger partial charge on any atom is 0.374 e. The molecule has 0 unspecified atom stereocenters. The molecule has 0 saturated heterocycles. The summed E-state index contributed by atoms with van der Waals surface area (Å²) in [4.78, 5) is 33.8. The van der Waals surface area contributed by atoms with Gasteiger partial charge in [-0.15, -0.1) is 0 Å². The van der Waals surface area contributed by atoms with E-state index in [4.69, 9.17) is 0 Å². The quantitative estimate of drug-likeness (QED) is 0.354. The highest BCUT2D eigenvalue weighted by molar-refractivity contribution is 6.33. The Labute approximate surface area is 126 Å². The lowest BCUT2D eigenvalue weighted by molar-refractivity contribution is -0.383. The van der Waals surface area contributed by atoms with Crippen LogP contribution in [-0.4, -0.2) is 23.3 Å². The smallest absolute Gasteiger partial charge is 0.374 e. The van der Waals surface area contributed by atoms with Crippen molar-refractivity contribution in [2.24, 2.45) is 0 Å². The first kappa shape index (κ1) is 15.6. The summed E-state index contributed by atoms with van der Waals surface area (Å²) in [6.07, 6.45) is 0.0107. The maximum absolute atomic E-state index is 11.6. The number of nitro benzene ring substituents is 1. The van der Waals surface area contributed by atoms with Crippen LogP contribution in [0.5, 0.6) is 0 Å². The molecule has 0 fully saturated rings. The van der Waals surface area contributed by atoms with Gasteiger partial charge in [-0.1, -0.05) is 30.3 Å². The SMILES string of the molecule is CCOC(=O)C(=O)CCc1ccc2ccccc2c1[N+](=O)[O-]. The van der Waals surface area contributed by atoms with Gasteiger partial charge in [0.2, 0.25) is 5.78 Å². The summed E-state index contributed by atoms with van der Waals surface area (Å²) < 4.78 is 4.62. The predicted molar refractivity (Wildman–Crippen MR) is 80.6 cm³/mol. The molecule has 2 aromatic carbocycles. The first-order valence-electron chi connectivity index (χ1n) is 6.89. The molecule has 0 atom stereocenters. The molecular weight excluding hydrogens is 286 g/mol. The molecule has 0 aromatic heterocycles. The zero-order valence-electron chi connectivity index (χ0n) is 12.1. The van der Waals surface area contributed by atoms with E-state index >= 15 is 0 Å². The Morgan fingerprint density at radius 2 is 1.91 bits per heavy atom. The van der Waals surface area contributed by atoms with Gasteiger partial charge in [-0.2, -0.15) is 0 Å². The van der Waals surface area contributed by atoms with E-state index in [2.05, 4.69) is 4.74 Å². The number of carbonyl (C=O) groups is 2. The summed E-state index contributed by atoms with van der Waals surface area (Å²) in [6.45, 7) is 1.74. The zero-order chi connectivity index (χ0) is 16.1. The molecule has 0 N–H and O–H groups in total. The van der Waals surface area contributed by atoms with Crippen molar-refractivity contribution in [2.45, 2.75) is 19.8 Å². The Morgan fingerprint density at radius 1 is 1.18 bits per heavy atom. The molecule has 0 aliphatic rings. The molecule has 6 nitrogen and oxygen atoms in total. The van der Waals surface area contributed by atoms with Gasteiger partial charge < -0.3 is 4.74 Å². The molecule has 0 heterocycles. The van der Waals surface area contributed by atoms with Gasteiger partial charge in [-0.25, -0.2) is 4.79 Å². The highest BCUT2D eigenvalue weighted by Gasteiger charge is 2.21. The van der Waals surface area contributed by atoms with Crippen molar-refractivity contribution in [1.82, 2.24) is 0 Å². The van der Waals surface area contributed by atoms with Crippen molar-refractivity contribution in [3.63, 3.8) is 0 Å². The number of benzene rings is 2. The first-order chi connectivity index (χ1) is 10.5. The van der Waals surface area contributed by atoms with Crippen LogP contribution in [0.4, 0.5) is 5.69 Å². The van der Waals surface area contributed by atoms with Gasteiger partial charge in [-0.05, 0) is 24.8 Å². The average molecular weight is 301 g/mol. The maximum atomic E-state index is 11.6. The fourth-order valence-corrected chi connectivity index (χ4v) is 2.28. The molecule has 22 heavy (non-hydrogen) atoms. The number of aryl methyl sites for hydroxylation is 1. The second kappa shape index (κ2) is 6.80. The van der Waals surface area contributed by atoms with Crippen LogP contribution in [0, 0.1) is 10.1 Å². The first-order valence-corrected chi connectivity index (χ1v) is 6.89. The van der Waals surface area contributed by atoms with Crippen molar-refractivity contribution >= 4 is 28.2 Å². The monoisotopic (exact) mass is 301 g/mol. The third-order valence-corrected chi connectivity index (χ3v) is 3.29. The molecule has 114 valence electrons. The van der Waals surface area contributed by atoms with Crippen molar-refractivity contribution in [1.29, 1.82) is 0 Å². The predicted octanol–water partition coefficient (Wildman–Crippen LogP) is 2.81. The molecule has 0 spiro atoms. The molecular formula is C16H15NO5. The number of fused-ring (bicyclic) bond motifs is 1. The van der Waals surface area contributed by atoms with Crippen LogP contribution in [0.2, 0.25) is 0 Å². The van der Waals surface area contributed by atoms with Gasteiger partial charge in [-0.3, -0.25) is 14.9 Å². The van der Waals surface area contributed by atoms with Crippen LogP contribution < -0.4 is 0 Å². The largest absolute Gasteiger partial charge is 0.460 e. The van der Waals surface area contributed by atoms with E-state index in [1.165, 1.54) is 0 Å². The van der Waals surface area contributed by atoms with Crippen molar-refractivity contribution < 1.29 is 19.2 Å². The van der Waals surface area contributed by atoms with Gasteiger partial charge in [0.1, 0.15) is 0 Å². The minimum atomic E-state index is -0.897. The van der Waals surface area contributed by atoms with E-state index in [-0.39, 0.29) is 25.1 Å². The van der Waals surface area contributed by atoms with Gasteiger partial charge in [0.25, 0.3) is 5.69 Å². The number of rotatable bonds is 6. The zero-order valence-corrected chi connectivity index (χ0v) is 12.1. The fourth-order valence-electron chi connectivity index (χ4n) is 2.28. The number of carbonyl (C=O) groups excluding carboxylic acids is 2. The minimum Gasteiger partial charge on any atom is -0.460 e. The van der Waals surface area contributed by atoms with Crippen LogP contribution in [0.15, 0.2) is 36.4 Å². The highest BCUT2D eigenvalue weighted by atomic mass is 16.6. The number of nitro groups is 1. The summed E-state index contributed by atoms with van der Waals surface area (Å²) in [5.74, 6) is -1.57. The number of hydrogen-bond acceptors (Lipinski definition) is 5. The van der Waals surface area contributed by atoms with Crippen molar-refractivity contribution in [2.75, 3.05) is 6.61 Å². The van der Waals surface area contributed by atoms with E-state index in [0.29, 0.717) is 10.9 Å². The lowest BCUT2D eigenvalue weighted by Gasteiger charge is -2.06. The normalized spacial score (nSPS) is 10.4. The van der Waals surface area contributed by atoms with Gasteiger partial charge in [0, 0.05) is 12.0 Å². The molecule has 0 aliphatic carbocycles. The number of Topliss-reactive ketones (excluding diaryl/α,β-unsaturated/α-hetero) is 1. The molecule has 0 radical (unpaired) electrons. The summed E-state index contributed by atoms with van der Waals surface area (Å²) in [5.41, 5.74) is 0.413. The number of nitrogens with zero attached hydrogens (tertiary/aromatic N) is 1. The number of esters is 1. The molecule has 0 bridgehead atoms. The van der Waals surface area contributed by atoms with Crippen LogP contribution in [0.25, 0.3) is 10.8 Å². The fraction of sp³-hybridized carbons (Fsp3) is 0.250. The van der Waals surface area contributed by atoms with Gasteiger partial charge in [0.15, 0.2) is 0 Å². The summed E-state index contributed by atoms with van der Waals surface area (Å²) in [5, 5.41) is 12.6. The Balaban J connectivity index is 2.28. The molecule has 0 aliphatic heterocycles. The van der Waals surface area contributed by atoms with E-state index in [1.54, 1.807) is 43.3 Å². The second-order valence-electron chi connectivity index (χ2n) is 4.70. The highest BCUT2D eigenvalue weighted by Crippen LogP contribution is 2.30. The topological polar surface area (TPSA) is 86.5 Å². The molecule has 6 heteroatoms. The van der Waals surface area contributed by atoms with E-state index in [1.807, 2.05) is 0 Å². The Kier molecular flexibility index (Phi) is 4.83. The van der Waals surface area contributed by atoms with Crippen LogP contribution in [-0.2, 0) is 20.7 Å². The standard InChI is InChI=1S/C16H15NO5/c1-2-22-16(19)14(18)10-9-12-8-7-11-5-3-4-6-13(11)15(12)17(20)21/h3-8H,2,9-10H2,1H3. The van der Waals surface area contributed by atoms with Crippen LogP contribution >= 0.6 is 0 Å². The van der Waals surface area contributed by atoms with E-state index in [0.717, 1.165) is 5.39 Å². The lowest BCUT2D eigenvalue weighted by atomic mass is 10.00. The Bertz CT molecular complexity index is 738. The summed E-state index contributed by atoms with van der Waals surface area (Å²) >= 11 is 0. The third kappa shape index (κ3) is 3.28. The number of ether oxygens (including phenoxy) is 1.